The number of aromatic nitrogens is 1. The molecule has 0 unspecified atom stereocenters. The van der Waals surface area contributed by atoms with Gasteiger partial charge >= 0.3 is 0 Å². The summed E-state index contributed by atoms with van der Waals surface area (Å²) in [6.45, 7) is 0.559. The topological polar surface area (TPSA) is 38.9 Å². The highest BCUT2D eigenvalue weighted by atomic mass is 14.6. The Balaban J connectivity index is 2.59. The molecule has 0 fully saturated rings. The molecule has 0 bridgehead atoms. The zero-order chi connectivity index (χ0) is 9.80. The second-order valence-electron chi connectivity index (χ2n) is 3.09. The predicted octanol–water partition coefficient (Wildman–Crippen LogP) is 2.21. The van der Waals surface area contributed by atoms with Gasteiger partial charge in [-0.05, 0) is 5.39 Å². The maximum Gasteiger partial charge on any atom is 0.0346 e. The van der Waals surface area contributed by atoms with Crippen LogP contribution >= 0.6 is 0 Å². The Bertz CT molecular complexity index is 455. The first-order chi connectivity index (χ1) is 6.92. The standard InChI is InChI=1S/C12H12N2/c13-7-3-5-11-9-14-8-10-4-1-2-6-12(10)11/h1-6,8-9H,7,13H2/b5-3+. The first-order valence-corrected chi connectivity index (χ1v) is 4.61. The van der Waals surface area contributed by atoms with Gasteiger partial charge < -0.3 is 5.73 Å². The fraction of sp³-hybridized carbons (Fsp3) is 0.0833. The van der Waals surface area contributed by atoms with Crippen molar-refractivity contribution in [1.82, 2.24) is 4.98 Å². The summed E-state index contributed by atoms with van der Waals surface area (Å²) in [6, 6.07) is 8.19. The SMILES string of the molecule is NC/C=C/c1cncc2ccccc12. The van der Waals surface area contributed by atoms with E-state index in [0.717, 1.165) is 10.9 Å². The normalized spacial score (nSPS) is 11.2. The molecule has 0 atom stereocenters. The van der Waals surface area contributed by atoms with Crippen LogP contribution in [-0.2, 0) is 0 Å². The maximum atomic E-state index is 5.41. The molecule has 0 aliphatic rings. The Kier molecular flexibility index (Phi) is 2.56. The van der Waals surface area contributed by atoms with E-state index in [1.807, 2.05) is 36.7 Å². The van der Waals surface area contributed by atoms with E-state index in [0.29, 0.717) is 6.54 Å². The lowest BCUT2D eigenvalue weighted by molar-refractivity contribution is 1.26. The van der Waals surface area contributed by atoms with Crippen LogP contribution < -0.4 is 5.73 Å². The van der Waals surface area contributed by atoms with E-state index in [1.54, 1.807) is 0 Å². The molecule has 0 amide bonds. The summed E-state index contributed by atoms with van der Waals surface area (Å²) in [6.07, 6.45) is 7.67. The van der Waals surface area contributed by atoms with Gasteiger partial charge in [0.1, 0.15) is 0 Å². The molecule has 1 heterocycles. The number of hydrogen-bond donors (Lipinski definition) is 1. The third-order valence-corrected chi connectivity index (χ3v) is 2.13. The fourth-order valence-electron chi connectivity index (χ4n) is 1.47. The molecule has 2 aromatic rings. The Morgan fingerprint density at radius 3 is 2.93 bits per heavy atom. The zero-order valence-corrected chi connectivity index (χ0v) is 7.85. The van der Waals surface area contributed by atoms with Gasteiger partial charge in [0, 0.05) is 29.9 Å². The number of rotatable bonds is 2. The van der Waals surface area contributed by atoms with Crippen molar-refractivity contribution in [2.45, 2.75) is 0 Å². The molecule has 2 heteroatoms. The summed E-state index contributed by atoms with van der Waals surface area (Å²) < 4.78 is 0. The Labute approximate surface area is 83.1 Å². The van der Waals surface area contributed by atoms with Crippen molar-refractivity contribution in [3.8, 4) is 0 Å². The smallest absolute Gasteiger partial charge is 0.0346 e. The highest BCUT2D eigenvalue weighted by Crippen LogP contribution is 2.17. The highest BCUT2D eigenvalue weighted by molar-refractivity contribution is 5.89. The van der Waals surface area contributed by atoms with E-state index in [4.69, 9.17) is 5.73 Å². The first kappa shape index (κ1) is 8.91. The van der Waals surface area contributed by atoms with Crippen LogP contribution in [0, 0.1) is 0 Å². The van der Waals surface area contributed by atoms with E-state index in [-0.39, 0.29) is 0 Å². The van der Waals surface area contributed by atoms with Crippen molar-refractivity contribution in [3.05, 3.63) is 48.3 Å². The monoisotopic (exact) mass is 184 g/mol. The van der Waals surface area contributed by atoms with Gasteiger partial charge in [-0.25, -0.2) is 0 Å². The Morgan fingerprint density at radius 2 is 2.07 bits per heavy atom. The lowest BCUT2D eigenvalue weighted by Crippen LogP contribution is -1.92. The van der Waals surface area contributed by atoms with E-state index in [2.05, 4.69) is 17.1 Å². The molecular weight excluding hydrogens is 172 g/mol. The van der Waals surface area contributed by atoms with Crippen LogP contribution in [-0.4, -0.2) is 11.5 Å². The van der Waals surface area contributed by atoms with E-state index in [1.165, 1.54) is 5.39 Å². The maximum absolute atomic E-state index is 5.41. The largest absolute Gasteiger partial charge is 0.327 e. The number of pyridine rings is 1. The average Bonchev–Trinajstić information content (AvgIpc) is 2.26. The summed E-state index contributed by atoms with van der Waals surface area (Å²) in [5, 5.41) is 2.37. The molecule has 0 spiro atoms. The molecule has 0 aliphatic carbocycles. The van der Waals surface area contributed by atoms with E-state index in [9.17, 15) is 0 Å². The third-order valence-electron chi connectivity index (χ3n) is 2.13. The van der Waals surface area contributed by atoms with Gasteiger partial charge in [0.05, 0.1) is 0 Å². The minimum Gasteiger partial charge on any atom is -0.327 e. The van der Waals surface area contributed by atoms with Crippen molar-refractivity contribution in [2.75, 3.05) is 6.54 Å². The van der Waals surface area contributed by atoms with Crippen LogP contribution in [0.2, 0.25) is 0 Å². The first-order valence-electron chi connectivity index (χ1n) is 4.61. The molecule has 0 aliphatic heterocycles. The number of hydrogen-bond acceptors (Lipinski definition) is 2. The lowest BCUT2D eigenvalue weighted by Gasteiger charge is -2.00. The summed E-state index contributed by atoms with van der Waals surface area (Å²) in [7, 11) is 0. The molecule has 14 heavy (non-hydrogen) atoms. The van der Waals surface area contributed by atoms with Crippen LogP contribution in [0.5, 0.6) is 0 Å². The Hall–Kier alpha value is -1.67. The van der Waals surface area contributed by atoms with E-state index < -0.39 is 0 Å². The quantitative estimate of drug-likeness (QED) is 0.777. The molecule has 1 aromatic heterocycles. The van der Waals surface area contributed by atoms with Crippen LogP contribution in [0.3, 0.4) is 0 Å². The minimum atomic E-state index is 0.559. The molecule has 2 nitrogen and oxygen atoms in total. The molecular formula is C12H12N2. The average molecular weight is 184 g/mol. The number of nitrogens with zero attached hydrogens (tertiary/aromatic N) is 1. The lowest BCUT2D eigenvalue weighted by atomic mass is 10.1. The van der Waals surface area contributed by atoms with Crippen LogP contribution in [0.15, 0.2) is 42.7 Å². The number of nitrogens with two attached hydrogens (primary N) is 1. The fourth-order valence-corrected chi connectivity index (χ4v) is 1.47. The Morgan fingerprint density at radius 1 is 1.21 bits per heavy atom. The van der Waals surface area contributed by atoms with Crippen molar-refractivity contribution in [3.63, 3.8) is 0 Å². The van der Waals surface area contributed by atoms with Gasteiger partial charge in [-0.2, -0.15) is 0 Å². The van der Waals surface area contributed by atoms with E-state index >= 15 is 0 Å². The van der Waals surface area contributed by atoms with Crippen molar-refractivity contribution >= 4 is 16.8 Å². The number of fused-ring (bicyclic) bond motifs is 1. The molecule has 2 N–H and O–H groups in total. The van der Waals surface area contributed by atoms with Crippen molar-refractivity contribution in [2.24, 2.45) is 5.73 Å². The summed E-state index contributed by atoms with van der Waals surface area (Å²) in [5.74, 6) is 0. The predicted molar refractivity (Wildman–Crippen MR) is 59.8 cm³/mol. The zero-order valence-electron chi connectivity index (χ0n) is 7.85. The second kappa shape index (κ2) is 4.03. The molecule has 0 radical (unpaired) electrons. The van der Waals surface area contributed by atoms with Gasteiger partial charge in [0.15, 0.2) is 0 Å². The molecule has 70 valence electrons. The second-order valence-corrected chi connectivity index (χ2v) is 3.09. The molecule has 0 saturated carbocycles. The van der Waals surface area contributed by atoms with Crippen LogP contribution in [0.1, 0.15) is 5.56 Å². The van der Waals surface area contributed by atoms with Crippen LogP contribution in [0.4, 0.5) is 0 Å². The highest BCUT2D eigenvalue weighted by Gasteiger charge is 1.95. The van der Waals surface area contributed by atoms with Gasteiger partial charge in [-0.3, -0.25) is 4.98 Å². The minimum absolute atomic E-state index is 0.559. The summed E-state index contributed by atoms with van der Waals surface area (Å²) in [4.78, 5) is 4.17. The summed E-state index contributed by atoms with van der Waals surface area (Å²) >= 11 is 0. The van der Waals surface area contributed by atoms with Gasteiger partial charge in [-0.15, -0.1) is 0 Å². The molecule has 0 saturated heterocycles. The third kappa shape index (κ3) is 1.65. The molecule has 2 rings (SSSR count). The summed E-state index contributed by atoms with van der Waals surface area (Å²) in [5.41, 5.74) is 6.53. The van der Waals surface area contributed by atoms with Gasteiger partial charge in [0.25, 0.3) is 0 Å². The molecule has 1 aromatic carbocycles. The van der Waals surface area contributed by atoms with Gasteiger partial charge in [-0.1, -0.05) is 36.4 Å². The van der Waals surface area contributed by atoms with Crippen LogP contribution in [0.25, 0.3) is 16.8 Å². The number of benzene rings is 1. The van der Waals surface area contributed by atoms with Crippen molar-refractivity contribution < 1.29 is 0 Å². The van der Waals surface area contributed by atoms with Crippen molar-refractivity contribution in [1.29, 1.82) is 0 Å². The van der Waals surface area contributed by atoms with Gasteiger partial charge in [0.2, 0.25) is 0 Å².